The monoisotopic (exact) mass is 397 g/mol. The molecule has 1 aliphatic rings. The first-order valence-corrected chi connectivity index (χ1v) is 10.5. The minimum absolute atomic E-state index is 0.0940. The first-order valence-electron chi connectivity index (χ1n) is 10.5. The molecule has 1 saturated heterocycles. The van der Waals surface area contributed by atoms with E-state index < -0.39 is 0 Å². The van der Waals surface area contributed by atoms with E-state index in [1.807, 2.05) is 25.1 Å². The van der Waals surface area contributed by atoms with Crippen LogP contribution >= 0.6 is 0 Å². The van der Waals surface area contributed by atoms with Crippen LogP contribution in [0.5, 0.6) is 5.75 Å². The number of nitrogens with one attached hydrogen (secondary N) is 2. The zero-order valence-corrected chi connectivity index (χ0v) is 17.4. The van der Waals surface area contributed by atoms with E-state index in [-0.39, 0.29) is 5.91 Å². The Kier molecular flexibility index (Phi) is 7.67. The molecule has 29 heavy (non-hydrogen) atoms. The quantitative estimate of drug-likeness (QED) is 0.598. The molecule has 156 valence electrons. The number of unbranched alkanes of at least 4 members (excludes halogenated alkanes) is 1. The summed E-state index contributed by atoms with van der Waals surface area (Å²) in [6, 6.07) is 9.25. The topological polar surface area (TPSA) is 79.4 Å². The maximum Gasteiger partial charge on any atom is 0.251 e. The highest BCUT2D eigenvalue weighted by molar-refractivity contribution is 5.94. The van der Waals surface area contributed by atoms with Crippen LogP contribution in [0.3, 0.4) is 0 Å². The Hall–Kier alpha value is -2.83. The van der Waals surface area contributed by atoms with E-state index in [1.165, 1.54) is 12.8 Å². The summed E-state index contributed by atoms with van der Waals surface area (Å²) in [5.41, 5.74) is 0.627. The average molecular weight is 398 g/mol. The van der Waals surface area contributed by atoms with Gasteiger partial charge in [0.1, 0.15) is 23.2 Å². The van der Waals surface area contributed by atoms with Crippen LogP contribution in [0.1, 0.15) is 48.8 Å². The lowest BCUT2D eigenvalue weighted by Crippen LogP contribution is -2.29. The van der Waals surface area contributed by atoms with Crippen LogP contribution in [0.4, 0.5) is 11.6 Å². The van der Waals surface area contributed by atoms with E-state index >= 15 is 0 Å². The third-order valence-corrected chi connectivity index (χ3v) is 4.85. The highest BCUT2D eigenvalue weighted by Crippen LogP contribution is 2.20. The highest BCUT2D eigenvalue weighted by atomic mass is 16.5. The zero-order chi connectivity index (χ0) is 20.5. The number of aryl methyl sites for hydroxylation is 1. The SMILES string of the molecule is CCCCOc1ccc(C(=O)NCCNc2cc(N3CCCC3)nc(C)n2)cc1. The average Bonchev–Trinajstić information content (AvgIpc) is 3.26. The van der Waals surface area contributed by atoms with Gasteiger partial charge >= 0.3 is 0 Å². The van der Waals surface area contributed by atoms with E-state index in [1.54, 1.807) is 12.1 Å². The van der Waals surface area contributed by atoms with Crippen molar-refractivity contribution in [1.82, 2.24) is 15.3 Å². The van der Waals surface area contributed by atoms with Crippen molar-refractivity contribution in [3.8, 4) is 5.75 Å². The van der Waals surface area contributed by atoms with Gasteiger partial charge in [0.25, 0.3) is 5.91 Å². The van der Waals surface area contributed by atoms with Crippen molar-refractivity contribution >= 4 is 17.5 Å². The number of anilines is 2. The van der Waals surface area contributed by atoms with Crippen molar-refractivity contribution in [3.63, 3.8) is 0 Å². The number of carbonyl (C=O) groups excluding carboxylic acids is 1. The molecule has 3 rings (SSSR count). The third kappa shape index (κ3) is 6.34. The molecule has 7 heteroatoms. The summed E-state index contributed by atoms with van der Waals surface area (Å²) in [6.45, 7) is 7.94. The van der Waals surface area contributed by atoms with Gasteiger partial charge in [-0.05, 0) is 50.5 Å². The molecule has 1 aromatic heterocycles. The summed E-state index contributed by atoms with van der Waals surface area (Å²) >= 11 is 0. The highest BCUT2D eigenvalue weighted by Gasteiger charge is 2.15. The summed E-state index contributed by atoms with van der Waals surface area (Å²) in [6.07, 6.45) is 4.55. The minimum atomic E-state index is -0.0940. The third-order valence-electron chi connectivity index (χ3n) is 4.85. The van der Waals surface area contributed by atoms with Crippen LogP contribution in [0.2, 0.25) is 0 Å². The van der Waals surface area contributed by atoms with E-state index in [0.29, 0.717) is 25.3 Å². The number of benzene rings is 1. The molecule has 7 nitrogen and oxygen atoms in total. The van der Waals surface area contributed by atoms with Gasteiger partial charge in [0.15, 0.2) is 0 Å². The maximum atomic E-state index is 12.3. The van der Waals surface area contributed by atoms with E-state index in [0.717, 1.165) is 49.1 Å². The number of amides is 1. The molecule has 0 radical (unpaired) electrons. The van der Waals surface area contributed by atoms with Crippen molar-refractivity contribution in [2.45, 2.75) is 39.5 Å². The standard InChI is InChI=1S/C22H31N5O2/c1-3-4-15-29-19-9-7-18(8-10-19)22(28)24-12-11-23-20-16-21(26-17(2)25-20)27-13-5-6-14-27/h7-10,16H,3-6,11-15H2,1-2H3,(H,24,28)(H,23,25,26). The van der Waals surface area contributed by atoms with Gasteiger partial charge in [0, 0.05) is 37.8 Å². The van der Waals surface area contributed by atoms with E-state index in [4.69, 9.17) is 4.74 Å². The van der Waals surface area contributed by atoms with Gasteiger partial charge in [-0.1, -0.05) is 13.3 Å². The lowest BCUT2D eigenvalue weighted by Gasteiger charge is -2.17. The van der Waals surface area contributed by atoms with Crippen molar-refractivity contribution < 1.29 is 9.53 Å². The van der Waals surface area contributed by atoms with Crippen molar-refractivity contribution in [1.29, 1.82) is 0 Å². The fraction of sp³-hybridized carbons (Fsp3) is 0.500. The first-order chi connectivity index (χ1) is 14.2. The van der Waals surface area contributed by atoms with Gasteiger partial charge in [-0.25, -0.2) is 9.97 Å². The molecular weight excluding hydrogens is 366 g/mol. The number of aromatic nitrogens is 2. The molecule has 2 heterocycles. The Labute approximate surface area is 172 Å². The predicted octanol–water partition coefficient (Wildman–Crippen LogP) is 3.41. The molecule has 1 aromatic carbocycles. The summed E-state index contributed by atoms with van der Waals surface area (Å²) in [4.78, 5) is 23.6. The van der Waals surface area contributed by atoms with Crippen LogP contribution in [-0.2, 0) is 0 Å². The van der Waals surface area contributed by atoms with Gasteiger partial charge in [-0.3, -0.25) is 4.79 Å². The number of ether oxygens (including phenoxy) is 1. The largest absolute Gasteiger partial charge is 0.494 e. The Balaban J connectivity index is 1.43. The maximum absolute atomic E-state index is 12.3. The van der Waals surface area contributed by atoms with Crippen molar-refractivity contribution in [3.05, 3.63) is 41.7 Å². The second kappa shape index (κ2) is 10.6. The Morgan fingerprint density at radius 2 is 1.90 bits per heavy atom. The number of hydrogen-bond donors (Lipinski definition) is 2. The molecule has 1 fully saturated rings. The molecule has 2 N–H and O–H groups in total. The fourth-order valence-electron chi connectivity index (χ4n) is 3.26. The van der Waals surface area contributed by atoms with Gasteiger partial charge in [-0.2, -0.15) is 0 Å². The van der Waals surface area contributed by atoms with Gasteiger partial charge in [0.05, 0.1) is 6.61 Å². The lowest BCUT2D eigenvalue weighted by molar-refractivity contribution is 0.0955. The number of hydrogen-bond acceptors (Lipinski definition) is 6. The summed E-state index contributed by atoms with van der Waals surface area (Å²) in [7, 11) is 0. The van der Waals surface area contributed by atoms with Crippen LogP contribution in [0.25, 0.3) is 0 Å². The fourth-order valence-corrected chi connectivity index (χ4v) is 3.26. The molecule has 1 amide bonds. The zero-order valence-electron chi connectivity index (χ0n) is 17.4. The molecule has 0 spiro atoms. The molecule has 0 bridgehead atoms. The molecule has 2 aromatic rings. The van der Waals surface area contributed by atoms with Gasteiger partial charge < -0.3 is 20.3 Å². The summed E-state index contributed by atoms with van der Waals surface area (Å²) in [5.74, 6) is 3.22. The summed E-state index contributed by atoms with van der Waals surface area (Å²) in [5, 5.41) is 6.21. The Morgan fingerprint density at radius 1 is 1.14 bits per heavy atom. The molecule has 0 aliphatic carbocycles. The second-order valence-corrected chi connectivity index (χ2v) is 7.26. The lowest BCUT2D eigenvalue weighted by atomic mass is 10.2. The van der Waals surface area contributed by atoms with E-state index in [2.05, 4.69) is 32.4 Å². The van der Waals surface area contributed by atoms with Crippen molar-refractivity contribution in [2.75, 3.05) is 43.0 Å². The van der Waals surface area contributed by atoms with Gasteiger partial charge in [-0.15, -0.1) is 0 Å². The smallest absolute Gasteiger partial charge is 0.251 e. The molecule has 0 unspecified atom stereocenters. The van der Waals surface area contributed by atoms with Crippen LogP contribution in [-0.4, -0.2) is 48.7 Å². The number of carbonyl (C=O) groups is 1. The van der Waals surface area contributed by atoms with Crippen molar-refractivity contribution in [2.24, 2.45) is 0 Å². The van der Waals surface area contributed by atoms with E-state index in [9.17, 15) is 4.79 Å². The van der Waals surface area contributed by atoms with Crippen LogP contribution in [0.15, 0.2) is 30.3 Å². The van der Waals surface area contributed by atoms with Crippen LogP contribution < -0.4 is 20.3 Å². The molecule has 0 saturated carbocycles. The van der Waals surface area contributed by atoms with Gasteiger partial charge in [0.2, 0.25) is 0 Å². The second-order valence-electron chi connectivity index (χ2n) is 7.26. The molecular formula is C22H31N5O2. The van der Waals surface area contributed by atoms with Crippen LogP contribution in [0, 0.1) is 6.92 Å². The number of rotatable bonds is 10. The molecule has 1 aliphatic heterocycles. The predicted molar refractivity (Wildman–Crippen MR) is 116 cm³/mol. The minimum Gasteiger partial charge on any atom is -0.494 e. The molecule has 0 atom stereocenters. The summed E-state index contributed by atoms with van der Waals surface area (Å²) < 4.78 is 5.63. The Bertz CT molecular complexity index is 788. The first kappa shape index (κ1) is 20.9. The Morgan fingerprint density at radius 3 is 2.62 bits per heavy atom. The normalized spacial score (nSPS) is 13.4. The number of nitrogens with zero attached hydrogens (tertiary/aromatic N) is 3.